The molecule has 0 unspecified atom stereocenters. The monoisotopic (exact) mass is 430 g/mol. The maximum absolute atomic E-state index is 13.7. The van der Waals surface area contributed by atoms with Crippen molar-refractivity contribution in [1.82, 2.24) is 19.6 Å². The maximum Gasteiger partial charge on any atom is 0.198 e. The van der Waals surface area contributed by atoms with Gasteiger partial charge in [0.1, 0.15) is 23.5 Å². The van der Waals surface area contributed by atoms with Gasteiger partial charge in [0.25, 0.3) is 0 Å². The summed E-state index contributed by atoms with van der Waals surface area (Å²) >= 11 is 0. The number of methoxy groups -OCH3 is 1. The van der Waals surface area contributed by atoms with Gasteiger partial charge in [-0.15, -0.1) is 10.2 Å². The highest BCUT2D eigenvalue weighted by Crippen LogP contribution is 2.33. The normalized spacial score (nSPS) is 12.0. The van der Waals surface area contributed by atoms with E-state index in [1.54, 1.807) is 35.6 Å². The SMILES string of the molecule is COc1cc2c(cc1C(C(C)=O)=C(C)N)nc(C#N)c1nnc(Cc3cccc(F)c3)n12. The van der Waals surface area contributed by atoms with E-state index in [1.165, 1.54) is 26.2 Å². The zero-order valence-corrected chi connectivity index (χ0v) is 17.7. The van der Waals surface area contributed by atoms with Gasteiger partial charge in [0.2, 0.25) is 0 Å². The van der Waals surface area contributed by atoms with E-state index in [4.69, 9.17) is 10.5 Å². The lowest BCUT2D eigenvalue weighted by Gasteiger charge is -2.14. The second-order valence-corrected chi connectivity index (χ2v) is 7.31. The Labute approximate surface area is 182 Å². The van der Waals surface area contributed by atoms with Crippen molar-refractivity contribution in [2.45, 2.75) is 20.3 Å². The highest BCUT2D eigenvalue weighted by Gasteiger charge is 2.21. The summed E-state index contributed by atoms with van der Waals surface area (Å²) in [5.41, 5.74) is 9.16. The summed E-state index contributed by atoms with van der Waals surface area (Å²) in [5, 5.41) is 18.0. The quantitative estimate of drug-likeness (QED) is 0.483. The van der Waals surface area contributed by atoms with Gasteiger partial charge in [0.15, 0.2) is 17.1 Å². The summed E-state index contributed by atoms with van der Waals surface area (Å²) in [7, 11) is 1.49. The zero-order chi connectivity index (χ0) is 23.0. The molecule has 2 aromatic heterocycles. The van der Waals surface area contributed by atoms with Crippen LogP contribution in [0, 0.1) is 17.1 Å². The van der Waals surface area contributed by atoms with Crippen LogP contribution in [0.4, 0.5) is 4.39 Å². The lowest BCUT2D eigenvalue weighted by Crippen LogP contribution is -2.08. The molecule has 2 heterocycles. The molecule has 0 aliphatic heterocycles. The Balaban J connectivity index is 2.04. The Morgan fingerprint density at radius 1 is 1.25 bits per heavy atom. The first-order valence-electron chi connectivity index (χ1n) is 9.72. The number of hydrogen-bond acceptors (Lipinski definition) is 7. The highest BCUT2D eigenvalue weighted by molar-refractivity contribution is 6.21. The summed E-state index contributed by atoms with van der Waals surface area (Å²) in [6, 6.07) is 11.6. The number of carbonyl (C=O) groups excluding carboxylic acids is 1. The Morgan fingerprint density at radius 2 is 2.03 bits per heavy atom. The number of nitriles is 1. The molecule has 0 aliphatic carbocycles. The molecule has 0 radical (unpaired) electrons. The minimum atomic E-state index is -0.354. The van der Waals surface area contributed by atoms with Gasteiger partial charge in [-0.1, -0.05) is 12.1 Å². The molecular formula is C23H19FN6O2. The van der Waals surface area contributed by atoms with Crippen LogP contribution < -0.4 is 10.5 Å². The number of hydrogen-bond donors (Lipinski definition) is 1. The molecule has 0 spiro atoms. The number of fused-ring (bicyclic) bond motifs is 3. The Morgan fingerprint density at radius 3 is 2.66 bits per heavy atom. The molecule has 0 saturated carbocycles. The summed E-state index contributed by atoms with van der Waals surface area (Å²) in [5.74, 6) is 0.334. The fourth-order valence-corrected chi connectivity index (χ4v) is 3.78. The lowest BCUT2D eigenvalue weighted by atomic mass is 9.98. The van der Waals surface area contributed by atoms with Crippen LogP contribution in [0.2, 0.25) is 0 Å². The molecular weight excluding hydrogens is 411 g/mol. The molecule has 0 bridgehead atoms. The molecule has 0 fully saturated rings. The van der Waals surface area contributed by atoms with Crippen molar-refractivity contribution in [2.75, 3.05) is 7.11 Å². The number of nitrogens with two attached hydrogens (primary N) is 1. The van der Waals surface area contributed by atoms with Crippen LogP contribution in [0.15, 0.2) is 42.1 Å². The third kappa shape index (κ3) is 3.52. The van der Waals surface area contributed by atoms with Crippen molar-refractivity contribution in [1.29, 1.82) is 5.26 Å². The molecule has 4 rings (SSSR count). The van der Waals surface area contributed by atoms with E-state index < -0.39 is 0 Å². The number of ketones is 1. The fraction of sp³-hybridized carbons (Fsp3) is 0.174. The third-order valence-electron chi connectivity index (χ3n) is 5.08. The number of halogens is 1. The first-order valence-corrected chi connectivity index (χ1v) is 9.72. The average molecular weight is 430 g/mol. The molecule has 0 amide bonds. The summed E-state index contributed by atoms with van der Waals surface area (Å²) in [6.07, 6.45) is 0.285. The van der Waals surface area contributed by atoms with Gasteiger partial charge in [-0.2, -0.15) is 5.26 Å². The topological polar surface area (TPSA) is 119 Å². The number of Topliss-reactive ketones (excluding diaryl/α,β-unsaturated/α-hetero) is 1. The number of rotatable bonds is 5. The minimum Gasteiger partial charge on any atom is -0.496 e. The first kappa shape index (κ1) is 20.9. The van der Waals surface area contributed by atoms with E-state index in [-0.39, 0.29) is 29.4 Å². The van der Waals surface area contributed by atoms with Crippen molar-refractivity contribution in [3.05, 3.63) is 70.6 Å². The Hall–Kier alpha value is -4.32. The Kier molecular flexibility index (Phi) is 5.28. The number of nitrogens with zero attached hydrogens (tertiary/aromatic N) is 5. The van der Waals surface area contributed by atoms with E-state index in [9.17, 15) is 14.4 Å². The molecule has 4 aromatic rings. The highest BCUT2D eigenvalue weighted by atomic mass is 19.1. The van der Waals surface area contributed by atoms with Gasteiger partial charge >= 0.3 is 0 Å². The second kappa shape index (κ2) is 8.07. The molecule has 8 nitrogen and oxygen atoms in total. The third-order valence-corrected chi connectivity index (χ3v) is 5.08. The van der Waals surface area contributed by atoms with Crippen molar-refractivity contribution < 1.29 is 13.9 Å². The number of benzene rings is 2. The molecule has 0 aliphatic rings. The van der Waals surface area contributed by atoms with Crippen LogP contribution in [-0.4, -0.2) is 32.5 Å². The predicted molar refractivity (Wildman–Crippen MR) is 116 cm³/mol. The van der Waals surface area contributed by atoms with Crippen LogP contribution in [0.1, 0.15) is 36.5 Å². The van der Waals surface area contributed by atoms with E-state index in [1.807, 2.05) is 6.07 Å². The molecule has 160 valence electrons. The van der Waals surface area contributed by atoms with Crippen LogP contribution in [0.3, 0.4) is 0 Å². The van der Waals surface area contributed by atoms with Crippen molar-refractivity contribution in [3.63, 3.8) is 0 Å². The van der Waals surface area contributed by atoms with Crippen LogP contribution >= 0.6 is 0 Å². The van der Waals surface area contributed by atoms with Crippen molar-refractivity contribution in [2.24, 2.45) is 5.73 Å². The molecule has 0 atom stereocenters. The maximum atomic E-state index is 13.7. The van der Waals surface area contributed by atoms with Gasteiger partial charge in [-0.05, 0) is 37.6 Å². The molecule has 2 aromatic carbocycles. The predicted octanol–water partition coefficient (Wildman–Crippen LogP) is 3.17. The summed E-state index contributed by atoms with van der Waals surface area (Å²) < 4.78 is 20.9. The molecule has 2 N–H and O–H groups in total. The van der Waals surface area contributed by atoms with Crippen LogP contribution in [0.5, 0.6) is 5.75 Å². The van der Waals surface area contributed by atoms with Crippen molar-refractivity contribution in [3.8, 4) is 11.8 Å². The minimum absolute atomic E-state index is 0.0736. The Bertz CT molecular complexity index is 1460. The van der Waals surface area contributed by atoms with E-state index in [0.29, 0.717) is 45.0 Å². The lowest BCUT2D eigenvalue weighted by molar-refractivity contribution is -0.111. The van der Waals surface area contributed by atoms with Gasteiger partial charge in [-0.3, -0.25) is 9.20 Å². The fourth-order valence-electron chi connectivity index (χ4n) is 3.78. The standard InChI is InChI=1S/C23H19FN6O2/c1-12(26)22(13(2)31)16-9-17-19(10-20(16)32-3)30-21(8-14-5-4-6-15(24)7-14)28-29-23(30)18(11-25)27-17/h4-7,9-10H,8,26H2,1-3H3. The van der Waals surface area contributed by atoms with Gasteiger partial charge in [0.05, 0.1) is 18.1 Å². The first-order chi connectivity index (χ1) is 15.3. The number of ether oxygens (including phenoxy) is 1. The van der Waals surface area contributed by atoms with Gasteiger partial charge in [-0.25, -0.2) is 9.37 Å². The smallest absolute Gasteiger partial charge is 0.198 e. The largest absolute Gasteiger partial charge is 0.496 e. The number of aromatic nitrogens is 4. The average Bonchev–Trinajstić information content (AvgIpc) is 3.16. The second-order valence-electron chi connectivity index (χ2n) is 7.31. The van der Waals surface area contributed by atoms with Gasteiger partial charge < -0.3 is 10.5 Å². The van der Waals surface area contributed by atoms with Crippen molar-refractivity contribution >= 4 is 28.0 Å². The molecule has 9 heteroatoms. The van der Waals surface area contributed by atoms with E-state index in [2.05, 4.69) is 15.2 Å². The summed E-state index contributed by atoms with van der Waals surface area (Å²) in [6.45, 7) is 3.05. The van der Waals surface area contributed by atoms with E-state index >= 15 is 0 Å². The van der Waals surface area contributed by atoms with Gasteiger partial charge in [0, 0.05) is 29.3 Å². The van der Waals surface area contributed by atoms with Crippen LogP contribution in [-0.2, 0) is 11.2 Å². The summed E-state index contributed by atoms with van der Waals surface area (Å²) in [4.78, 5) is 16.7. The zero-order valence-electron chi connectivity index (χ0n) is 17.7. The van der Waals surface area contributed by atoms with E-state index in [0.717, 1.165) is 0 Å². The molecule has 32 heavy (non-hydrogen) atoms. The molecule has 0 saturated heterocycles. The number of allylic oxidation sites excluding steroid dienone is 2. The van der Waals surface area contributed by atoms with Crippen LogP contribution in [0.25, 0.3) is 22.3 Å². The number of carbonyl (C=O) groups is 1.